The minimum absolute atomic E-state index is 0.0908. The number of rotatable bonds is 6. The van der Waals surface area contributed by atoms with Crippen LogP contribution in [-0.4, -0.2) is 29.7 Å². The van der Waals surface area contributed by atoms with Crippen molar-refractivity contribution in [3.05, 3.63) is 47.4 Å². The summed E-state index contributed by atoms with van der Waals surface area (Å²) in [6.07, 6.45) is -6.86. The predicted molar refractivity (Wildman–Crippen MR) is 71.7 cm³/mol. The maximum absolute atomic E-state index is 13.1. The van der Waals surface area contributed by atoms with E-state index in [-0.39, 0.29) is 11.6 Å². The number of alkyl halides is 7. The summed E-state index contributed by atoms with van der Waals surface area (Å²) in [5, 5.41) is 0. The zero-order chi connectivity index (χ0) is 20.3. The fraction of sp³-hybridized carbons (Fsp3) is 0.286. The molecule has 0 saturated carbocycles. The van der Waals surface area contributed by atoms with E-state index >= 15 is 0 Å². The van der Waals surface area contributed by atoms with Gasteiger partial charge >= 0.3 is 18.0 Å². The first kappa shape index (κ1) is 21.4. The number of halogens is 8. The molecule has 0 fully saturated rings. The SMILES string of the molecule is C/C(=C\C(=O)C(F)(F)C(F)(F)C(F)(F)F)NNC(=O)c1ccc(F)cc1. The number of allylic oxidation sites excluding steroid dienone is 2. The molecule has 2 N–H and O–H groups in total. The summed E-state index contributed by atoms with van der Waals surface area (Å²) < 4.78 is 100. The maximum atomic E-state index is 13.1. The predicted octanol–water partition coefficient (Wildman–Crippen LogP) is 3.37. The van der Waals surface area contributed by atoms with Crippen molar-refractivity contribution < 1.29 is 44.7 Å². The molecule has 1 amide bonds. The van der Waals surface area contributed by atoms with Crippen molar-refractivity contribution in [3.63, 3.8) is 0 Å². The second-order valence-electron chi connectivity index (χ2n) is 4.92. The molecule has 0 aliphatic rings. The van der Waals surface area contributed by atoms with Crippen LogP contribution in [-0.2, 0) is 4.79 Å². The number of hydrogen-bond donors (Lipinski definition) is 2. The Morgan fingerprint density at radius 1 is 0.923 bits per heavy atom. The molecule has 0 aromatic heterocycles. The van der Waals surface area contributed by atoms with Gasteiger partial charge in [-0.05, 0) is 31.2 Å². The number of hydrazine groups is 1. The Morgan fingerprint density at radius 2 is 1.42 bits per heavy atom. The summed E-state index contributed by atoms with van der Waals surface area (Å²) in [6.45, 7) is 0.852. The number of carbonyl (C=O) groups excluding carboxylic acids is 2. The van der Waals surface area contributed by atoms with Gasteiger partial charge in [0.2, 0.25) is 5.78 Å². The van der Waals surface area contributed by atoms with Crippen LogP contribution < -0.4 is 10.9 Å². The van der Waals surface area contributed by atoms with E-state index in [9.17, 15) is 44.7 Å². The Bertz CT molecular complexity index is 711. The highest BCUT2D eigenvalue weighted by molar-refractivity contribution is 5.97. The van der Waals surface area contributed by atoms with Gasteiger partial charge in [-0.3, -0.25) is 15.0 Å². The minimum atomic E-state index is -6.64. The Hall–Kier alpha value is -2.66. The average molecular weight is 390 g/mol. The van der Waals surface area contributed by atoms with E-state index < -0.39 is 41.2 Å². The van der Waals surface area contributed by atoms with E-state index in [1.807, 2.05) is 10.9 Å². The van der Waals surface area contributed by atoms with Crippen molar-refractivity contribution in [1.82, 2.24) is 10.9 Å². The fourth-order valence-electron chi connectivity index (χ4n) is 1.48. The molecular formula is C14H10F8N2O2. The van der Waals surface area contributed by atoms with Gasteiger partial charge < -0.3 is 5.43 Å². The van der Waals surface area contributed by atoms with Crippen LogP contribution in [0.3, 0.4) is 0 Å². The topological polar surface area (TPSA) is 58.2 Å². The molecule has 0 atom stereocenters. The molecule has 0 spiro atoms. The molecule has 0 heterocycles. The van der Waals surface area contributed by atoms with Gasteiger partial charge in [-0.1, -0.05) is 0 Å². The van der Waals surface area contributed by atoms with Gasteiger partial charge in [0.25, 0.3) is 5.91 Å². The second-order valence-corrected chi connectivity index (χ2v) is 4.92. The molecule has 144 valence electrons. The highest BCUT2D eigenvalue weighted by Crippen LogP contribution is 2.47. The van der Waals surface area contributed by atoms with Gasteiger partial charge in [0, 0.05) is 17.3 Å². The van der Waals surface area contributed by atoms with Crippen LogP contribution in [0.5, 0.6) is 0 Å². The first-order chi connectivity index (χ1) is 11.7. The molecule has 0 bridgehead atoms. The van der Waals surface area contributed by atoms with E-state index in [2.05, 4.69) is 0 Å². The van der Waals surface area contributed by atoms with Crippen LogP contribution in [0, 0.1) is 5.82 Å². The number of nitrogens with one attached hydrogen (secondary N) is 2. The third-order valence-electron chi connectivity index (χ3n) is 2.89. The zero-order valence-corrected chi connectivity index (χ0v) is 12.7. The highest BCUT2D eigenvalue weighted by atomic mass is 19.4. The zero-order valence-electron chi connectivity index (χ0n) is 12.7. The van der Waals surface area contributed by atoms with Gasteiger partial charge in [-0.2, -0.15) is 30.7 Å². The van der Waals surface area contributed by atoms with Crippen LogP contribution in [0.1, 0.15) is 17.3 Å². The molecule has 0 saturated heterocycles. The third-order valence-corrected chi connectivity index (χ3v) is 2.89. The Labute approximate surface area is 140 Å². The van der Waals surface area contributed by atoms with E-state index in [4.69, 9.17) is 0 Å². The second kappa shape index (κ2) is 7.30. The van der Waals surface area contributed by atoms with Crippen molar-refractivity contribution in [2.45, 2.75) is 24.9 Å². The quantitative estimate of drug-likeness (QED) is 0.445. The fourth-order valence-corrected chi connectivity index (χ4v) is 1.48. The van der Waals surface area contributed by atoms with Crippen molar-refractivity contribution >= 4 is 11.7 Å². The van der Waals surface area contributed by atoms with Crippen LogP contribution >= 0.6 is 0 Å². The molecule has 0 unspecified atom stereocenters. The lowest BCUT2D eigenvalue weighted by molar-refractivity contribution is -0.342. The van der Waals surface area contributed by atoms with Gasteiger partial charge in [0.1, 0.15) is 5.82 Å². The standard InChI is InChI=1S/C14H10F8N2O2/c1-7(23-24-11(26)8-2-4-9(15)5-3-8)6-10(25)12(16,17)13(18,19)14(20,21)22/h2-6,23H,1H3,(H,24,26)/b7-6+. The molecule has 1 aromatic rings. The number of amides is 1. The third kappa shape index (κ3) is 4.49. The maximum Gasteiger partial charge on any atom is 0.460 e. The van der Waals surface area contributed by atoms with Crippen molar-refractivity contribution in [3.8, 4) is 0 Å². The number of ketones is 1. The molecule has 0 aliphatic heterocycles. The average Bonchev–Trinajstić information content (AvgIpc) is 2.51. The van der Waals surface area contributed by atoms with E-state index in [1.54, 1.807) is 0 Å². The minimum Gasteiger partial charge on any atom is -0.303 e. The summed E-state index contributed by atoms with van der Waals surface area (Å²) in [4.78, 5) is 22.7. The molecular weight excluding hydrogens is 380 g/mol. The smallest absolute Gasteiger partial charge is 0.303 e. The summed E-state index contributed by atoms with van der Waals surface area (Å²) in [7, 11) is 0. The lowest BCUT2D eigenvalue weighted by Crippen LogP contribution is -2.55. The van der Waals surface area contributed by atoms with Gasteiger partial charge in [-0.15, -0.1) is 0 Å². The Morgan fingerprint density at radius 3 is 1.88 bits per heavy atom. The molecule has 12 heteroatoms. The summed E-state index contributed by atoms with van der Waals surface area (Å²) in [5.41, 5.74) is 2.99. The normalized spacial score (nSPS) is 13.3. The molecule has 0 radical (unpaired) electrons. The van der Waals surface area contributed by atoms with Crippen LogP contribution in [0.25, 0.3) is 0 Å². The lowest BCUT2D eigenvalue weighted by atomic mass is 10.1. The molecule has 0 aliphatic carbocycles. The Kier molecular flexibility index (Phi) is 6.00. The molecule has 1 rings (SSSR count). The van der Waals surface area contributed by atoms with E-state index in [0.717, 1.165) is 31.2 Å². The van der Waals surface area contributed by atoms with Crippen LogP contribution in [0.2, 0.25) is 0 Å². The van der Waals surface area contributed by atoms with E-state index in [0.29, 0.717) is 0 Å². The number of benzene rings is 1. The highest BCUT2D eigenvalue weighted by Gasteiger charge is 2.75. The molecule has 26 heavy (non-hydrogen) atoms. The monoisotopic (exact) mass is 390 g/mol. The summed E-state index contributed by atoms with van der Waals surface area (Å²) in [5.74, 6) is -17.0. The van der Waals surface area contributed by atoms with Crippen LogP contribution in [0.4, 0.5) is 35.1 Å². The van der Waals surface area contributed by atoms with Crippen molar-refractivity contribution in [2.24, 2.45) is 0 Å². The van der Waals surface area contributed by atoms with Crippen LogP contribution in [0.15, 0.2) is 36.0 Å². The Balaban J connectivity index is 2.81. The van der Waals surface area contributed by atoms with Gasteiger partial charge in [0.15, 0.2) is 0 Å². The molecule has 1 aromatic carbocycles. The summed E-state index contributed by atoms with van der Waals surface area (Å²) in [6, 6.07) is 3.96. The molecule has 4 nitrogen and oxygen atoms in total. The van der Waals surface area contributed by atoms with Gasteiger partial charge in [0.05, 0.1) is 0 Å². The summed E-state index contributed by atoms with van der Waals surface area (Å²) >= 11 is 0. The largest absolute Gasteiger partial charge is 0.460 e. The lowest BCUT2D eigenvalue weighted by Gasteiger charge is -2.26. The van der Waals surface area contributed by atoms with Crippen molar-refractivity contribution in [1.29, 1.82) is 0 Å². The van der Waals surface area contributed by atoms with E-state index in [1.165, 1.54) is 0 Å². The van der Waals surface area contributed by atoms with Gasteiger partial charge in [-0.25, -0.2) is 4.39 Å². The first-order valence-corrected chi connectivity index (χ1v) is 6.57. The number of carbonyl (C=O) groups is 2. The first-order valence-electron chi connectivity index (χ1n) is 6.57. The number of hydrogen-bond acceptors (Lipinski definition) is 3. The van der Waals surface area contributed by atoms with Crippen molar-refractivity contribution in [2.75, 3.05) is 0 Å².